The molecule has 0 amide bonds. The summed E-state index contributed by atoms with van der Waals surface area (Å²) in [5, 5.41) is 16.6. The van der Waals surface area contributed by atoms with Crippen LogP contribution in [0.4, 0.5) is 5.69 Å². The molecule has 0 saturated carbocycles. The first-order valence-corrected chi connectivity index (χ1v) is 18.3. The van der Waals surface area contributed by atoms with E-state index in [4.69, 9.17) is 6.57 Å². The molecule has 0 N–H and O–H groups in total. The normalized spacial score (nSPS) is 13.3. The third-order valence-corrected chi connectivity index (χ3v) is 12.5. The van der Waals surface area contributed by atoms with Gasteiger partial charge in [-0.15, -0.1) is 11.3 Å². The highest BCUT2D eigenvalue weighted by Crippen LogP contribution is 2.53. The minimum absolute atomic E-state index is 0.155. The topological polar surface area (TPSA) is 38.0 Å². The summed E-state index contributed by atoms with van der Waals surface area (Å²) >= 11 is 1.82. The third-order valence-electron chi connectivity index (χ3n) is 11.3. The molecule has 0 saturated heterocycles. The Kier molecular flexibility index (Phi) is 5.71. The first-order valence-electron chi connectivity index (χ1n) is 17.4. The number of thiophene rings is 1. The van der Waals surface area contributed by atoms with Gasteiger partial charge in [-0.25, -0.2) is 4.85 Å². The van der Waals surface area contributed by atoms with Crippen LogP contribution in [0.1, 0.15) is 30.5 Å². The summed E-state index contributed by atoms with van der Waals surface area (Å²) in [4.78, 5) is 3.70. The van der Waals surface area contributed by atoms with E-state index in [1.165, 1.54) is 64.2 Å². The quantitative estimate of drug-likeness (QED) is 0.167. The van der Waals surface area contributed by atoms with E-state index in [9.17, 15) is 5.26 Å². The van der Waals surface area contributed by atoms with Crippen LogP contribution in [0.3, 0.4) is 0 Å². The van der Waals surface area contributed by atoms with Gasteiger partial charge in [-0.1, -0.05) is 74.5 Å². The van der Waals surface area contributed by atoms with Crippen LogP contribution in [0.25, 0.3) is 91.1 Å². The van der Waals surface area contributed by atoms with Gasteiger partial charge in [0.1, 0.15) is 0 Å². The van der Waals surface area contributed by atoms with Crippen LogP contribution >= 0.6 is 11.3 Å². The molecule has 0 atom stereocenters. The van der Waals surface area contributed by atoms with Crippen molar-refractivity contribution in [1.29, 1.82) is 5.26 Å². The van der Waals surface area contributed by atoms with Crippen molar-refractivity contribution in [3.8, 4) is 28.6 Å². The molecule has 0 spiro atoms. The fourth-order valence-electron chi connectivity index (χ4n) is 9.04. The zero-order chi connectivity index (χ0) is 34.9. The van der Waals surface area contributed by atoms with E-state index in [1.54, 1.807) is 0 Å². The predicted octanol–water partition coefficient (Wildman–Crippen LogP) is 13.0. The van der Waals surface area contributed by atoms with E-state index in [2.05, 4.69) is 131 Å². The number of nitrogens with zero attached hydrogens (tertiary/aromatic N) is 4. The van der Waals surface area contributed by atoms with Gasteiger partial charge in [0.2, 0.25) is 0 Å². The van der Waals surface area contributed by atoms with Crippen LogP contribution < -0.4 is 0 Å². The summed E-state index contributed by atoms with van der Waals surface area (Å²) in [6, 6.07) is 50.0. The summed E-state index contributed by atoms with van der Waals surface area (Å²) in [5.41, 5.74) is 13.1. The molecule has 3 aromatic heterocycles. The van der Waals surface area contributed by atoms with Crippen molar-refractivity contribution in [2.75, 3.05) is 0 Å². The van der Waals surface area contributed by atoms with E-state index in [0.29, 0.717) is 11.3 Å². The molecule has 1 aliphatic carbocycles. The van der Waals surface area contributed by atoms with E-state index in [0.717, 1.165) is 33.2 Å². The lowest BCUT2D eigenvalue weighted by atomic mass is 9.81. The molecule has 1 aliphatic rings. The Hall–Kier alpha value is -6.66. The molecule has 0 bridgehead atoms. The Bertz CT molecular complexity index is 3230. The van der Waals surface area contributed by atoms with E-state index in [-0.39, 0.29) is 5.41 Å². The zero-order valence-electron chi connectivity index (χ0n) is 28.4. The molecular formula is C47H28N4S. The van der Waals surface area contributed by atoms with Crippen molar-refractivity contribution >= 4 is 80.8 Å². The van der Waals surface area contributed by atoms with E-state index >= 15 is 0 Å². The van der Waals surface area contributed by atoms with Crippen molar-refractivity contribution in [1.82, 2.24) is 9.13 Å². The number of rotatable bonds is 2. The monoisotopic (exact) mass is 680 g/mol. The molecule has 0 fully saturated rings. The molecule has 11 rings (SSSR count). The van der Waals surface area contributed by atoms with Crippen LogP contribution in [-0.4, -0.2) is 9.13 Å². The first kappa shape index (κ1) is 29.1. The predicted molar refractivity (Wildman–Crippen MR) is 217 cm³/mol. The summed E-state index contributed by atoms with van der Waals surface area (Å²) in [6.45, 7) is 12.4. The van der Waals surface area contributed by atoms with Gasteiger partial charge >= 0.3 is 0 Å². The van der Waals surface area contributed by atoms with Crippen LogP contribution in [0.15, 0.2) is 133 Å². The lowest BCUT2D eigenvalue weighted by molar-refractivity contribution is 0.664. The number of hydrogen-bond acceptors (Lipinski definition) is 2. The average molecular weight is 681 g/mol. The number of benzene rings is 7. The van der Waals surface area contributed by atoms with E-state index < -0.39 is 0 Å². The molecule has 7 aromatic carbocycles. The van der Waals surface area contributed by atoms with Crippen molar-refractivity contribution < 1.29 is 0 Å². The van der Waals surface area contributed by atoms with Gasteiger partial charge in [0.25, 0.3) is 0 Å². The van der Waals surface area contributed by atoms with Crippen molar-refractivity contribution in [3.63, 3.8) is 0 Å². The van der Waals surface area contributed by atoms with Gasteiger partial charge in [0, 0.05) is 53.1 Å². The zero-order valence-corrected chi connectivity index (χ0v) is 29.2. The minimum Gasteiger partial charge on any atom is -0.309 e. The fourth-order valence-corrected chi connectivity index (χ4v) is 10.1. The lowest BCUT2D eigenvalue weighted by Crippen LogP contribution is -2.16. The first-order chi connectivity index (χ1) is 25.4. The highest BCUT2D eigenvalue weighted by Gasteiger charge is 2.38. The Balaban J connectivity index is 1.18. The van der Waals surface area contributed by atoms with Gasteiger partial charge < -0.3 is 9.13 Å². The second-order valence-electron chi connectivity index (χ2n) is 14.4. The van der Waals surface area contributed by atoms with Crippen LogP contribution in [0, 0.1) is 17.9 Å². The second kappa shape index (κ2) is 10.2. The molecule has 242 valence electrons. The highest BCUT2D eigenvalue weighted by atomic mass is 32.1. The Labute approximate surface area is 303 Å². The van der Waals surface area contributed by atoms with Gasteiger partial charge in [-0.05, 0) is 100 Å². The fraction of sp³-hybridized carbons (Fsp3) is 0.0638. The Morgan fingerprint density at radius 2 is 1.27 bits per heavy atom. The van der Waals surface area contributed by atoms with E-state index in [1.807, 2.05) is 47.7 Å². The molecule has 10 aromatic rings. The van der Waals surface area contributed by atoms with Gasteiger partial charge in [0.15, 0.2) is 5.69 Å². The Morgan fingerprint density at radius 1 is 0.596 bits per heavy atom. The third kappa shape index (κ3) is 3.73. The standard InChI is InChI=1S/C47H28N4S/c1-47(2)39-10-6-4-8-31(39)33-16-17-34-32-9-5-7-11-40(32)51(46(34)45(33)47)30-15-21-44-38(25-30)37-24-29(14-20-43(37)52-44)50-41-18-12-27(26-48)22-35(41)36-23-28(49-3)13-19-42(36)50/h4-25H,1-2H3. The summed E-state index contributed by atoms with van der Waals surface area (Å²) in [7, 11) is 0. The second-order valence-corrected chi connectivity index (χ2v) is 15.4. The largest absolute Gasteiger partial charge is 0.309 e. The number of para-hydroxylation sites is 1. The average Bonchev–Trinajstić information content (AvgIpc) is 3.89. The molecule has 0 aliphatic heterocycles. The lowest BCUT2D eigenvalue weighted by Gasteiger charge is -2.23. The number of nitriles is 1. The maximum Gasteiger partial charge on any atom is 0.188 e. The molecule has 5 heteroatoms. The smallest absolute Gasteiger partial charge is 0.188 e. The SMILES string of the molecule is [C-]#[N+]c1ccc2c(c1)c1cc(C#N)ccc1n2-c1ccc2sc3ccc(-n4c5ccccc5c5ccc6c(c54)C(C)(C)c4ccccc4-6)cc3c2c1. The van der Waals surface area contributed by atoms with Gasteiger partial charge in [0.05, 0.1) is 40.3 Å². The van der Waals surface area contributed by atoms with Crippen molar-refractivity contribution in [2.45, 2.75) is 19.3 Å². The highest BCUT2D eigenvalue weighted by molar-refractivity contribution is 7.25. The van der Waals surface area contributed by atoms with Crippen molar-refractivity contribution in [3.05, 3.63) is 162 Å². The molecule has 4 nitrogen and oxygen atoms in total. The maximum absolute atomic E-state index is 9.70. The minimum atomic E-state index is -0.155. The van der Waals surface area contributed by atoms with Gasteiger partial charge in [-0.3, -0.25) is 0 Å². The summed E-state index contributed by atoms with van der Waals surface area (Å²) < 4.78 is 7.25. The summed E-state index contributed by atoms with van der Waals surface area (Å²) in [6.07, 6.45) is 0. The van der Waals surface area contributed by atoms with Crippen LogP contribution in [0.5, 0.6) is 0 Å². The molecular weight excluding hydrogens is 653 g/mol. The van der Waals surface area contributed by atoms with Crippen molar-refractivity contribution in [2.24, 2.45) is 0 Å². The number of aromatic nitrogens is 2. The number of hydrogen-bond donors (Lipinski definition) is 0. The molecule has 52 heavy (non-hydrogen) atoms. The number of fused-ring (bicyclic) bond motifs is 13. The summed E-state index contributed by atoms with van der Waals surface area (Å²) in [5.74, 6) is 0. The Morgan fingerprint density at radius 3 is 2.04 bits per heavy atom. The molecule has 0 unspecified atom stereocenters. The molecule has 3 heterocycles. The van der Waals surface area contributed by atoms with Gasteiger partial charge in [-0.2, -0.15) is 5.26 Å². The van der Waals surface area contributed by atoms with Crippen LogP contribution in [-0.2, 0) is 5.41 Å². The molecule has 0 radical (unpaired) electrons. The van der Waals surface area contributed by atoms with Crippen LogP contribution in [0.2, 0.25) is 0 Å². The maximum atomic E-state index is 9.70.